The molecule has 0 aliphatic carbocycles. The first-order chi connectivity index (χ1) is 10.6. The van der Waals surface area contributed by atoms with Gasteiger partial charge in [0.05, 0.1) is 10.9 Å². The van der Waals surface area contributed by atoms with Gasteiger partial charge in [-0.3, -0.25) is 15.0 Å². The number of nitrogens with zero attached hydrogens (tertiary/aromatic N) is 1. The number of carbonyl (C=O) groups is 1. The van der Waals surface area contributed by atoms with Gasteiger partial charge in [0.15, 0.2) is 0 Å². The van der Waals surface area contributed by atoms with Gasteiger partial charge in [-0.25, -0.2) is 4.79 Å². The second-order valence-electron chi connectivity index (χ2n) is 4.65. The molecule has 0 unspecified atom stereocenters. The lowest BCUT2D eigenvalue weighted by atomic mass is 10.2. The molecule has 7 heteroatoms. The van der Waals surface area contributed by atoms with Crippen LogP contribution in [-0.4, -0.2) is 15.6 Å². The van der Waals surface area contributed by atoms with Crippen LogP contribution in [0, 0.1) is 0 Å². The lowest BCUT2D eigenvalue weighted by molar-refractivity contribution is 0.101. The van der Waals surface area contributed by atoms with Crippen molar-refractivity contribution < 1.29 is 4.79 Å². The Kier molecular flexibility index (Phi) is 3.23. The van der Waals surface area contributed by atoms with E-state index in [9.17, 15) is 14.4 Å². The Labute approximate surface area is 124 Å². The Morgan fingerprint density at radius 1 is 1.05 bits per heavy atom. The van der Waals surface area contributed by atoms with Crippen LogP contribution in [0.5, 0.6) is 0 Å². The van der Waals surface area contributed by atoms with Crippen molar-refractivity contribution in [3.63, 3.8) is 0 Å². The van der Waals surface area contributed by atoms with E-state index >= 15 is 0 Å². The number of fused-ring (bicyclic) bond motifs is 1. The number of nitrogens with one attached hydrogen (secondary N) is 2. The molecule has 0 saturated carbocycles. The van der Waals surface area contributed by atoms with E-state index in [1.54, 1.807) is 48.5 Å². The van der Waals surface area contributed by atoms with E-state index in [0.29, 0.717) is 15.8 Å². The molecule has 0 radical (unpaired) electrons. The maximum atomic E-state index is 12.4. The van der Waals surface area contributed by atoms with Gasteiger partial charge in [-0.05, 0) is 24.3 Å². The fraction of sp³-hybridized carbons (Fsp3) is 0. The van der Waals surface area contributed by atoms with Crippen LogP contribution in [0.4, 0.5) is 5.69 Å². The van der Waals surface area contributed by atoms with Crippen LogP contribution in [0.15, 0.2) is 58.1 Å². The molecule has 0 bridgehead atoms. The Morgan fingerprint density at radius 3 is 2.50 bits per heavy atom. The number of rotatable bonds is 2. The zero-order valence-corrected chi connectivity index (χ0v) is 11.4. The number of H-pyrrole nitrogens is 1. The van der Waals surface area contributed by atoms with Crippen LogP contribution in [0.2, 0.25) is 0 Å². The summed E-state index contributed by atoms with van der Waals surface area (Å²) in [5.74, 6) is -0.568. The van der Waals surface area contributed by atoms with E-state index in [1.165, 1.54) is 0 Å². The molecule has 1 aromatic heterocycles. The minimum absolute atomic E-state index is 0.149. The average Bonchev–Trinajstić information content (AvgIpc) is 2.52. The summed E-state index contributed by atoms with van der Waals surface area (Å²) < 4.78 is 0.619. The largest absolute Gasteiger partial charge is 0.398 e. The topological polar surface area (TPSA) is 110 Å². The van der Waals surface area contributed by atoms with Crippen LogP contribution in [0.3, 0.4) is 0 Å². The number of hydrogen-bond acceptors (Lipinski definition) is 4. The third-order valence-electron chi connectivity index (χ3n) is 3.21. The van der Waals surface area contributed by atoms with Crippen molar-refractivity contribution in [3.8, 4) is 0 Å². The molecule has 1 heterocycles. The first kappa shape index (κ1) is 13.6. The van der Waals surface area contributed by atoms with Gasteiger partial charge >= 0.3 is 5.69 Å². The number of aromatic nitrogens is 2. The lowest BCUT2D eigenvalue weighted by Gasteiger charge is -2.09. The molecule has 3 aromatic rings. The van der Waals surface area contributed by atoms with E-state index < -0.39 is 17.2 Å². The number of anilines is 1. The number of hydrogen-bond donors (Lipinski definition) is 3. The molecule has 110 valence electrons. The molecule has 0 spiro atoms. The highest BCUT2D eigenvalue weighted by Crippen LogP contribution is 2.12. The highest BCUT2D eigenvalue weighted by atomic mass is 16.2. The van der Waals surface area contributed by atoms with Crippen LogP contribution in [-0.2, 0) is 0 Å². The van der Waals surface area contributed by atoms with Crippen LogP contribution >= 0.6 is 0 Å². The van der Waals surface area contributed by atoms with E-state index in [1.807, 2.05) is 0 Å². The van der Waals surface area contributed by atoms with Crippen molar-refractivity contribution in [1.29, 1.82) is 0 Å². The van der Waals surface area contributed by atoms with E-state index in [0.717, 1.165) is 0 Å². The summed E-state index contributed by atoms with van der Waals surface area (Å²) in [6, 6.07) is 13.0. The molecule has 0 aliphatic rings. The highest BCUT2D eigenvalue weighted by Gasteiger charge is 2.13. The summed E-state index contributed by atoms with van der Waals surface area (Å²) >= 11 is 0. The predicted octanol–water partition coefficient (Wildman–Crippen LogP) is 0.656. The smallest absolute Gasteiger partial charge is 0.348 e. The number of benzene rings is 2. The SMILES string of the molecule is Nc1cccc2[nH]c(=O)n(NC(=O)c3ccccc3)c(=O)c12. The van der Waals surface area contributed by atoms with Gasteiger partial charge in [-0.1, -0.05) is 24.3 Å². The minimum Gasteiger partial charge on any atom is -0.398 e. The number of amides is 1. The van der Waals surface area contributed by atoms with E-state index in [2.05, 4.69) is 10.4 Å². The summed E-state index contributed by atoms with van der Waals surface area (Å²) in [6.07, 6.45) is 0. The number of aromatic amines is 1. The number of nitrogen functional groups attached to an aromatic ring is 1. The Bertz CT molecular complexity index is 973. The first-order valence-electron chi connectivity index (χ1n) is 6.48. The van der Waals surface area contributed by atoms with Crippen molar-refractivity contribution in [3.05, 3.63) is 74.9 Å². The quantitative estimate of drug-likeness (QED) is 0.603. The van der Waals surface area contributed by atoms with Gasteiger partial charge < -0.3 is 10.7 Å². The summed E-state index contributed by atoms with van der Waals surface area (Å²) in [4.78, 5) is 39.0. The van der Waals surface area contributed by atoms with Crippen molar-refractivity contribution in [1.82, 2.24) is 9.66 Å². The molecule has 0 saturated heterocycles. The fourth-order valence-electron chi connectivity index (χ4n) is 2.15. The van der Waals surface area contributed by atoms with E-state index in [-0.39, 0.29) is 11.1 Å². The zero-order valence-electron chi connectivity index (χ0n) is 11.4. The van der Waals surface area contributed by atoms with Gasteiger partial charge in [0.1, 0.15) is 0 Å². The second-order valence-corrected chi connectivity index (χ2v) is 4.65. The van der Waals surface area contributed by atoms with Crippen LogP contribution in [0.25, 0.3) is 10.9 Å². The first-order valence-corrected chi connectivity index (χ1v) is 6.48. The second kappa shape index (κ2) is 5.21. The van der Waals surface area contributed by atoms with Crippen molar-refractivity contribution in [2.45, 2.75) is 0 Å². The molecular weight excluding hydrogens is 284 g/mol. The molecule has 0 aliphatic heterocycles. The third-order valence-corrected chi connectivity index (χ3v) is 3.21. The maximum Gasteiger partial charge on any atom is 0.348 e. The molecule has 7 nitrogen and oxygen atoms in total. The molecule has 0 atom stereocenters. The fourth-order valence-corrected chi connectivity index (χ4v) is 2.15. The van der Waals surface area contributed by atoms with Gasteiger partial charge in [-0.2, -0.15) is 4.68 Å². The Balaban J connectivity index is 2.12. The van der Waals surface area contributed by atoms with Crippen molar-refractivity contribution >= 4 is 22.5 Å². The monoisotopic (exact) mass is 296 g/mol. The van der Waals surface area contributed by atoms with Gasteiger partial charge in [-0.15, -0.1) is 0 Å². The van der Waals surface area contributed by atoms with Gasteiger partial charge in [0.2, 0.25) is 0 Å². The molecule has 4 N–H and O–H groups in total. The molecule has 22 heavy (non-hydrogen) atoms. The lowest BCUT2D eigenvalue weighted by Crippen LogP contribution is -2.43. The molecule has 0 fully saturated rings. The third kappa shape index (κ3) is 2.24. The summed E-state index contributed by atoms with van der Waals surface area (Å²) in [7, 11) is 0. The molecule has 1 amide bonds. The van der Waals surface area contributed by atoms with Crippen molar-refractivity contribution in [2.75, 3.05) is 11.2 Å². The normalized spacial score (nSPS) is 10.5. The standard InChI is InChI=1S/C15H12N4O3/c16-10-7-4-8-11-12(10)14(21)19(15(22)17-11)18-13(20)9-5-2-1-3-6-9/h1-8H,16H2,(H,17,22)(H,18,20). The number of carbonyl (C=O) groups excluding carboxylic acids is 1. The summed E-state index contributed by atoms with van der Waals surface area (Å²) in [5.41, 5.74) is 7.50. The molecule has 3 rings (SSSR count). The molecular formula is C15H12N4O3. The number of nitrogens with two attached hydrogens (primary N) is 1. The van der Waals surface area contributed by atoms with E-state index in [4.69, 9.17) is 5.73 Å². The minimum atomic E-state index is -0.743. The Hall–Kier alpha value is -3.35. The van der Waals surface area contributed by atoms with Crippen molar-refractivity contribution in [2.24, 2.45) is 0 Å². The Morgan fingerprint density at radius 2 is 1.77 bits per heavy atom. The van der Waals surface area contributed by atoms with Gasteiger partial charge in [0, 0.05) is 11.3 Å². The maximum absolute atomic E-state index is 12.4. The van der Waals surface area contributed by atoms with Crippen LogP contribution in [0.1, 0.15) is 10.4 Å². The van der Waals surface area contributed by atoms with Gasteiger partial charge in [0.25, 0.3) is 11.5 Å². The zero-order chi connectivity index (χ0) is 15.7. The average molecular weight is 296 g/mol. The van der Waals surface area contributed by atoms with Crippen LogP contribution < -0.4 is 22.4 Å². The predicted molar refractivity (Wildman–Crippen MR) is 83.4 cm³/mol. The summed E-state index contributed by atoms with van der Waals surface area (Å²) in [5, 5.41) is 0.149. The molecule has 2 aromatic carbocycles. The highest BCUT2D eigenvalue weighted by molar-refractivity contribution is 6.00. The summed E-state index contributed by atoms with van der Waals surface area (Å²) in [6.45, 7) is 0.